The van der Waals surface area contributed by atoms with Gasteiger partial charge in [-0.2, -0.15) is 0 Å². The summed E-state index contributed by atoms with van der Waals surface area (Å²) < 4.78 is 0. The van der Waals surface area contributed by atoms with Gasteiger partial charge in [0, 0.05) is 0 Å². The summed E-state index contributed by atoms with van der Waals surface area (Å²) in [6.07, 6.45) is 8.08. The van der Waals surface area contributed by atoms with Gasteiger partial charge in [0.2, 0.25) is 0 Å². The minimum atomic E-state index is 0.787. The zero-order chi connectivity index (χ0) is 10.00. The highest BCUT2D eigenvalue weighted by atomic mass is 14.8. The first kappa shape index (κ1) is 8.14. The Morgan fingerprint density at radius 3 is 2.73 bits per heavy atom. The molecule has 0 heterocycles. The fraction of sp³-hybridized carbons (Fsp3) is 1.00. The largest absolute Gasteiger partial charge is 0.0617 e. The van der Waals surface area contributed by atoms with Crippen LogP contribution in [0.15, 0.2) is 0 Å². The summed E-state index contributed by atoms with van der Waals surface area (Å²) in [5, 5.41) is 0. The van der Waals surface area contributed by atoms with E-state index in [1.807, 2.05) is 0 Å². The van der Waals surface area contributed by atoms with Crippen molar-refractivity contribution in [3.05, 3.63) is 0 Å². The first-order valence-corrected chi connectivity index (χ1v) is 7.16. The molecule has 7 aliphatic carbocycles. The average molecular weight is 202 g/mol. The molecule has 0 aromatic rings. The normalized spacial score (nSPS) is 77.2. The molecule has 0 aromatic heterocycles. The SMILES string of the molecule is CC1C2CC3(C)CCC4C3CC13CC2C43. The monoisotopic (exact) mass is 202 g/mol. The number of hydrogen-bond donors (Lipinski definition) is 0. The molecule has 0 N–H and O–H groups in total. The van der Waals surface area contributed by atoms with E-state index in [0.717, 1.165) is 28.6 Å². The summed E-state index contributed by atoms with van der Waals surface area (Å²) in [4.78, 5) is 0. The average Bonchev–Trinajstić information content (AvgIpc) is 2.68. The quantitative estimate of drug-likeness (QED) is 0.561. The lowest BCUT2D eigenvalue weighted by Gasteiger charge is -2.48. The molecular weight excluding hydrogens is 180 g/mol. The van der Waals surface area contributed by atoms with Crippen molar-refractivity contribution in [2.75, 3.05) is 0 Å². The molecule has 0 saturated heterocycles. The van der Waals surface area contributed by atoms with E-state index >= 15 is 0 Å². The topological polar surface area (TPSA) is 0 Å². The minimum Gasteiger partial charge on any atom is -0.0617 e. The van der Waals surface area contributed by atoms with Crippen molar-refractivity contribution < 1.29 is 0 Å². The fourth-order valence-corrected chi connectivity index (χ4v) is 7.58. The van der Waals surface area contributed by atoms with E-state index in [9.17, 15) is 0 Å². The lowest BCUT2D eigenvalue weighted by Crippen LogP contribution is -2.41. The second kappa shape index (κ2) is 1.93. The molecular formula is C15H22. The van der Waals surface area contributed by atoms with Gasteiger partial charge in [0.1, 0.15) is 0 Å². The molecule has 0 aromatic carbocycles. The minimum absolute atomic E-state index is 0.787. The van der Waals surface area contributed by atoms with Crippen LogP contribution in [-0.4, -0.2) is 0 Å². The van der Waals surface area contributed by atoms with Gasteiger partial charge in [0.05, 0.1) is 0 Å². The molecule has 1 spiro atoms. The molecule has 0 aliphatic heterocycles. The summed E-state index contributed by atoms with van der Waals surface area (Å²) in [5.74, 6) is 6.99. The van der Waals surface area contributed by atoms with Gasteiger partial charge in [-0.3, -0.25) is 0 Å². The Hall–Kier alpha value is 0. The second-order valence-electron chi connectivity index (χ2n) is 7.95. The zero-order valence-corrected chi connectivity index (χ0v) is 10.00. The molecule has 8 unspecified atom stereocenters. The van der Waals surface area contributed by atoms with E-state index in [4.69, 9.17) is 0 Å². The predicted molar refractivity (Wildman–Crippen MR) is 60.2 cm³/mol. The molecule has 0 radical (unpaired) electrons. The van der Waals surface area contributed by atoms with Crippen LogP contribution in [0.5, 0.6) is 0 Å². The van der Waals surface area contributed by atoms with Gasteiger partial charge in [0.15, 0.2) is 0 Å². The number of hydrogen-bond acceptors (Lipinski definition) is 0. The highest BCUT2D eigenvalue weighted by molar-refractivity contribution is 5.26. The van der Waals surface area contributed by atoms with Crippen LogP contribution in [0.25, 0.3) is 0 Å². The van der Waals surface area contributed by atoms with Crippen molar-refractivity contribution in [1.82, 2.24) is 0 Å². The van der Waals surface area contributed by atoms with Crippen molar-refractivity contribution in [3.8, 4) is 0 Å². The Morgan fingerprint density at radius 1 is 1.00 bits per heavy atom. The van der Waals surface area contributed by atoms with Gasteiger partial charge in [-0.1, -0.05) is 13.8 Å². The summed E-state index contributed by atoms with van der Waals surface area (Å²) >= 11 is 0. The third-order valence-corrected chi connectivity index (χ3v) is 8.06. The van der Waals surface area contributed by atoms with Crippen LogP contribution < -0.4 is 0 Å². The summed E-state index contributed by atoms with van der Waals surface area (Å²) in [6.45, 7) is 5.25. The first-order chi connectivity index (χ1) is 7.16. The lowest BCUT2D eigenvalue weighted by atomic mass is 9.57. The van der Waals surface area contributed by atoms with E-state index in [0.29, 0.717) is 0 Å². The van der Waals surface area contributed by atoms with Crippen LogP contribution in [0.2, 0.25) is 0 Å². The van der Waals surface area contributed by atoms with E-state index in [2.05, 4.69) is 13.8 Å². The Morgan fingerprint density at radius 2 is 1.87 bits per heavy atom. The van der Waals surface area contributed by atoms with Crippen LogP contribution in [0.1, 0.15) is 46.0 Å². The Labute approximate surface area is 92.8 Å². The third kappa shape index (κ3) is 0.579. The highest BCUT2D eigenvalue weighted by Gasteiger charge is 2.78. The molecule has 8 atom stereocenters. The molecule has 7 bridgehead atoms. The van der Waals surface area contributed by atoms with Gasteiger partial charge in [-0.05, 0) is 78.4 Å². The van der Waals surface area contributed by atoms with E-state index in [-0.39, 0.29) is 0 Å². The van der Waals surface area contributed by atoms with Crippen LogP contribution in [0, 0.1) is 46.3 Å². The molecule has 7 aliphatic rings. The van der Waals surface area contributed by atoms with Gasteiger partial charge >= 0.3 is 0 Å². The molecule has 7 saturated carbocycles. The zero-order valence-electron chi connectivity index (χ0n) is 10.00. The molecule has 0 nitrogen and oxygen atoms in total. The standard InChI is InChI=1S/C15H22/c1-8-10-5-14(2)4-3-9-12(14)7-15(8)6-11(10)13(9)15/h8-13H,3-7H2,1-2H3. The summed E-state index contributed by atoms with van der Waals surface area (Å²) in [7, 11) is 0. The smallest absolute Gasteiger partial charge is 0.0229 e. The molecule has 0 amide bonds. The molecule has 7 rings (SSSR count). The van der Waals surface area contributed by atoms with E-state index in [1.165, 1.54) is 17.8 Å². The Bertz CT molecular complexity index is 357. The van der Waals surface area contributed by atoms with Crippen LogP contribution in [-0.2, 0) is 0 Å². The van der Waals surface area contributed by atoms with Gasteiger partial charge < -0.3 is 0 Å². The maximum atomic E-state index is 2.64. The van der Waals surface area contributed by atoms with Crippen LogP contribution in [0.3, 0.4) is 0 Å². The number of rotatable bonds is 0. The highest BCUT2D eigenvalue weighted by Crippen LogP contribution is 2.85. The lowest BCUT2D eigenvalue weighted by molar-refractivity contribution is 0.00687. The Kier molecular flexibility index (Phi) is 1.05. The van der Waals surface area contributed by atoms with Crippen molar-refractivity contribution in [2.45, 2.75) is 46.0 Å². The predicted octanol–water partition coefficient (Wildman–Crippen LogP) is 3.71. The maximum absolute atomic E-state index is 2.64. The van der Waals surface area contributed by atoms with Gasteiger partial charge in [0.25, 0.3) is 0 Å². The van der Waals surface area contributed by atoms with Crippen molar-refractivity contribution >= 4 is 0 Å². The Balaban J connectivity index is 1.78. The first-order valence-electron chi connectivity index (χ1n) is 7.16. The molecule has 0 heteroatoms. The molecule has 82 valence electrons. The summed E-state index contributed by atoms with van der Waals surface area (Å²) in [6, 6.07) is 0. The molecule has 7 fully saturated rings. The van der Waals surface area contributed by atoms with E-state index < -0.39 is 0 Å². The fourth-order valence-electron chi connectivity index (χ4n) is 7.58. The van der Waals surface area contributed by atoms with Gasteiger partial charge in [-0.25, -0.2) is 0 Å². The summed E-state index contributed by atoms with van der Waals surface area (Å²) in [5.41, 5.74) is 1.68. The van der Waals surface area contributed by atoms with Crippen molar-refractivity contribution in [1.29, 1.82) is 0 Å². The van der Waals surface area contributed by atoms with Crippen molar-refractivity contribution in [3.63, 3.8) is 0 Å². The third-order valence-electron chi connectivity index (χ3n) is 8.06. The van der Waals surface area contributed by atoms with Crippen LogP contribution in [0.4, 0.5) is 0 Å². The van der Waals surface area contributed by atoms with Gasteiger partial charge in [-0.15, -0.1) is 0 Å². The maximum Gasteiger partial charge on any atom is -0.0229 e. The second-order valence-corrected chi connectivity index (χ2v) is 7.95. The molecule has 15 heavy (non-hydrogen) atoms. The van der Waals surface area contributed by atoms with E-state index in [1.54, 1.807) is 32.1 Å². The van der Waals surface area contributed by atoms with Crippen LogP contribution >= 0.6 is 0 Å². The van der Waals surface area contributed by atoms with Crippen molar-refractivity contribution in [2.24, 2.45) is 46.3 Å².